The van der Waals surface area contributed by atoms with Crippen LogP contribution >= 0.6 is 12.4 Å². The van der Waals surface area contributed by atoms with Crippen LogP contribution in [0.5, 0.6) is 0 Å². The predicted octanol–water partition coefficient (Wildman–Crippen LogP) is 2.36. The second kappa shape index (κ2) is 6.08. The number of fused-ring (bicyclic) bond motifs is 1. The fourth-order valence-corrected chi connectivity index (χ4v) is 2.35. The lowest BCUT2D eigenvalue weighted by Crippen LogP contribution is -2.29. The Morgan fingerprint density at radius 2 is 1.29 bits per heavy atom. The molecule has 3 rings (SSSR count). The van der Waals surface area contributed by atoms with Crippen LogP contribution in [0.2, 0.25) is 0 Å². The molecular formula is C16H15ClN2O2. The van der Waals surface area contributed by atoms with E-state index in [0.29, 0.717) is 17.7 Å². The Morgan fingerprint density at radius 1 is 0.810 bits per heavy atom. The highest BCUT2D eigenvalue weighted by atomic mass is 35.5. The first-order chi connectivity index (χ1) is 9.70. The molecule has 2 aromatic carbocycles. The molecule has 0 unspecified atom stereocenters. The van der Waals surface area contributed by atoms with E-state index in [0.717, 1.165) is 11.1 Å². The number of carbonyl (C=O) groups is 2. The molecule has 0 bridgehead atoms. The van der Waals surface area contributed by atoms with E-state index in [1.165, 1.54) is 4.90 Å². The summed E-state index contributed by atoms with van der Waals surface area (Å²) in [6.07, 6.45) is 0. The van der Waals surface area contributed by atoms with Crippen LogP contribution in [0.15, 0.2) is 48.5 Å². The molecule has 2 N–H and O–H groups in total. The van der Waals surface area contributed by atoms with Gasteiger partial charge < -0.3 is 5.73 Å². The smallest absolute Gasteiger partial charge is 0.261 e. The van der Waals surface area contributed by atoms with Crippen LogP contribution < -0.4 is 5.73 Å². The van der Waals surface area contributed by atoms with E-state index in [-0.39, 0.29) is 30.8 Å². The van der Waals surface area contributed by atoms with Crippen molar-refractivity contribution in [3.8, 4) is 0 Å². The molecule has 21 heavy (non-hydrogen) atoms. The first-order valence-corrected chi connectivity index (χ1v) is 6.44. The summed E-state index contributed by atoms with van der Waals surface area (Å²) in [7, 11) is 0. The zero-order valence-electron chi connectivity index (χ0n) is 11.3. The number of amides is 2. The van der Waals surface area contributed by atoms with Crippen LogP contribution in [-0.2, 0) is 13.1 Å². The fraction of sp³-hybridized carbons (Fsp3) is 0.125. The Kier molecular flexibility index (Phi) is 4.40. The standard InChI is InChI=1S/C16H14N2O2.ClH/c17-9-11-5-7-12(8-6-11)10-18-15(19)13-3-1-2-4-14(13)16(18)20;/h1-8H,9-10,17H2;1H. The van der Waals surface area contributed by atoms with E-state index in [1.807, 2.05) is 24.3 Å². The second-order valence-corrected chi connectivity index (χ2v) is 4.76. The number of rotatable bonds is 3. The molecule has 0 radical (unpaired) electrons. The summed E-state index contributed by atoms with van der Waals surface area (Å²) in [6.45, 7) is 0.768. The average molecular weight is 303 g/mol. The lowest BCUT2D eigenvalue weighted by molar-refractivity contribution is 0.0642. The normalized spacial score (nSPS) is 13.1. The highest BCUT2D eigenvalue weighted by Crippen LogP contribution is 2.24. The van der Waals surface area contributed by atoms with Crippen LogP contribution in [0.4, 0.5) is 0 Å². The van der Waals surface area contributed by atoms with Gasteiger partial charge in [-0.15, -0.1) is 12.4 Å². The molecule has 5 heteroatoms. The van der Waals surface area contributed by atoms with Gasteiger partial charge in [-0.25, -0.2) is 0 Å². The molecule has 0 spiro atoms. The highest BCUT2D eigenvalue weighted by Gasteiger charge is 2.34. The molecule has 2 aromatic rings. The van der Waals surface area contributed by atoms with E-state index >= 15 is 0 Å². The molecular weight excluding hydrogens is 288 g/mol. The lowest BCUT2D eigenvalue weighted by atomic mass is 10.1. The van der Waals surface area contributed by atoms with Gasteiger partial charge in [-0.2, -0.15) is 0 Å². The average Bonchev–Trinajstić information content (AvgIpc) is 2.74. The zero-order valence-corrected chi connectivity index (χ0v) is 12.1. The number of halogens is 1. The number of nitrogens with two attached hydrogens (primary N) is 1. The first-order valence-electron chi connectivity index (χ1n) is 6.44. The van der Waals surface area contributed by atoms with Gasteiger partial charge in [-0.3, -0.25) is 14.5 Å². The fourth-order valence-electron chi connectivity index (χ4n) is 2.35. The quantitative estimate of drug-likeness (QED) is 0.885. The van der Waals surface area contributed by atoms with Crippen molar-refractivity contribution in [2.75, 3.05) is 0 Å². The number of imide groups is 1. The Hall–Kier alpha value is -2.17. The van der Waals surface area contributed by atoms with Crippen molar-refractivity contribution in [2.24, 2.45) is 5.73 Å². The Balaban J connectivity index is 0.00000161. The molecule has 108 valence electrons. The van der Waals surface area contributed by atoms with Gasteiger partial charge in [-0.1, -0.05) is 36.4 Å². The highest BCUT2D eigenvalue weighted by molar-refractivity contribution is 6.21. The number of benzene rings is 2. The first kappa shape index (κ1) is 15.2. The third kappa shape index (κ3) is 2.68. The summed E-state index contributed by atoms with van der Waals surface area (Å²) in [6, 6.07) is 14.5. The lowest BCUT2D eigenvalue weighted by Gasteiger charge is -2.14. The van der Waals surface area contributed by atoms with Gasteiger partial charge in [0.05, 0.1) is 17.7 Å². The van der Waals surface area contributed by atoms with Gasteiger partial charge in [0.2, 0.25) is 0 Å². The van der Waals surface area contributed by atoms with E-state index < -0.39 is 0 Å². The third-order valence-corrected chi connectivity index (χ3v) is 3.48. The number of carbonyl (C=O) groups excluding carboxylic acids is 2. The Labute approximate surface area is 129 Å². The van der Waals surface area contributed by atoms with Gasteiger partial charge in [-0.05, 0) is 23.3 Å². The zero-order chi connectivity index (χ0) is 14.1. The Bertz CT molecular complexity index is 648. The topological polar surface area (TPSA) is 63.4 Å². The van der Waals surface area contributed by atoms with Gasteiger partial charge in [0.25, 0.3) is 11.8 Å². The number of hydrogen-bond donors (Lipinski definition) is 1. The van der Waals surface area contributed by atoms with Crippen LogP contribution in [0.25, 0.3) is 0 Å². The van der Waals surface area contributed by atoms with Gasteiger partial charge in [0.1, 0.15) is 0 Å². The van der Waals surface area contributed by atoms with Crippen molar-refractivity contribution in [3.05, 3.63) is 70.8 Å². The van der Waals surface area contributed by atoms with Crippen LogP contribution in [0.1, 0.15) is 31.8 Å². The largest absolute Gasteiger partial charge is 0.326 e. The summed E-state index contributed by atoms with van der Waals surface area (Å²) in [5.74, 6) is -0.456. The SMILES string of the molecule is Cl.NCc1ccc(CN2C(=O)c3ccccc3C2=O)cc1. The maximum Gasteiger partial charge on any atom is 0.261 e. The molecule has 1 aliphatic rings. The minimum absolute atomic E-state index is 0. The molecule has 0 aliphatic carbocycles. The molecule has 1 aliphatic heterocycles. The summed E-state index contributed by atoms with van der Waals surface area (Å²) >= 11 is 0. The van der Waals surface area contributed by atoms with Crippen molar-refractivity contribution in [2.45, 2.75) is 13.1 Å². The van der Waals surface area contributed by atoms with Crippen molar-refractivity contribution >= 4 is 24.2 Å². The molecule has 4 nitrogen and oxygen atoms in total. The Morgan fingerprint density at radius 3 is 1.76 bits per heavy atom. The molecule has 0 saturated heterocycles. The monoisotopic (exact) mass is 302 g/mol. The molecule has 0 fully saturated rings. The van der Waals surface area contributed by atoms with E-state index in [9.17, 15) is 9.59 Å². The molecule has 1 heterocycles. The summed E-state index contributed by atoms with van der Waals surface area (Å²) in [4.78, 5) is 25.7. The van der Waals surface area contributed by atoms with Crippen molar-refractivity contribution < 1.29 is 9.59 Å². The molecule has 0 aromatic heterocycles. The van der Waals surface area contributed by atoms with Crippen molar-refractivity contribution in [3.63, 3.8) is 0 Å². The van der Waals surface area contributed by atoms with E-state index in [2.05, 4.69) is 0 Å². The minimum Gasteiger partial charge on any atom is -0.326 e. The van der Waals surface area contributed by atoms with Crippen LogP contribution in [-0.4, -0.2) is 16.7 Å². The van der Waals surface area contributed by atoms with Crippen LogP contribution in [0, 0.1) is 0 Å². The number of nitrogens with zero attached hydrogens (tertiary/aromatic N) is 1. The van der Waals surface area contributed by atoms with Crippen molar-refractivity contribution in [1.82, 2.24) is 4.90 Å². The van der Waals surface area contributed by atoms with Gasteiger partial charge in [0.15, 0.2) is 0 Å². The molecule has 2 amide bonds. The van der Waals surface area contributed by atoms with E-state index in [1.54, 1.807) is 24.3 Å². The maximum atomic E-state index is 12.2. The van der Waals surface area contributed by atoms with Gasteiger partial charge >= 0.3 is 0 Å². The number of hydrogen-bond acceptors (Lipinski definition) is 3. The molecule has 0 saturated carbocycles. The predicted molar refractivity (Wildman–Crippen MR) is 82.2 cm³/mol. The summed E-state index contributed by atoms with van der Waals surface area (Å²) in [5.41, 5.74) is 8.45. The maximum absolute atomic E-state index is 12.2. The van der Waals surface area contributed by atoms with Crippen molar-refractivity contribution in [1.29, 1.82) is 0 Å². The second-order valence-electron chi connectivity index (χ2n) is 4.76. The van der Waals surface area contributed by atoms with E-state index in [4.69, 9.17) is 5.73 Å². The summed E-state index contributed by atoms with van der Waals surface area (Å²) < 4.78 is 0. The minimum atomic E-state index is -0.228. The van der Waals surface area contributed by atoms with Crippen LogP contribution in [0.3, 0.4) is 0 Å². The summed E-state index contributed by atoms with van der Waals surface area (Å²) in [5, 5.41) is 0. The molecule has 0 atom stereocenters. The third-order valence-electron chi connectivity index (χ3n) is 3.48. The van der Waals surface area contributed by atoms with Gasteiger partial charge in [0, 0.05) is 6.54 Å².